The third-order valence-corrected chi connectivity index (χ3v) is 5.20. The van der Waals surface area contributed by atoms with Gasteiger partial charge in [-0.05, 0) is 36.4 Å². The standard InChI is InChI=1S/C11H8BrNO4S2/c12-7-1-3-8(4-2-7)19(16,17)13-10-6-5-9(18-10)11(14)15/h1-6,13H,(H,14,15). The molecule has 2 N–H and O–H groups in total. The average molecular weight is 362 g/mol. The fraction of sp³-hybridized carbons (Fsp3) is 0. The normalized spacial score (nSPS) is 11.2. The zero-order chi connectivity index (χ0) is 14.0. The Morgan fingerprint density at radius 3 is 2.32 bits per heavy atom. The Labute approximate surface area is 122 Å². The minimum absolute atomic E-state index is 0.0773. The van der Waals surface area contributed by atoms with Gasteiger partial charge in [0.2, 0.25) is 0 Å². The monoisotopic (exact) mass is 361 g/mol. The van der Waals surface area contributed by atoms with Crippen molar-refractivity contribution >= 4 is 48.3 Å². The van der Waals surface area contributed by atoms with Gasteiger partial charge >= 0.3 is 5.97 Å². The average Bonchev–Trinajstić information content (AvgIpc) is 2.77. The third-order valence-electron chi connectivity index (χ3n) is 2.18. The molecule has 0 spiro atoms. The van der Waals surface area contributed by atoms with Gasteiger partial charge in [-0.25, -0.2) is 13.2 Å². The SMILES string of the molecule is O=C(O)c1ccc(NS(=O)(=O)c2ccc(Br)cc2)s1. The van der Waals surface area contributed by atoms with E-state index < -0.39 is 16.0 Å². The van der Waals surface area contributed by atoms with E-state index >= 15 is 0 Å². The fourth-order valence-corrected chi connectivity index (χ4v) is 3.61. The quantitative estimate of drug-likeness (QED) is 0.876. The summed E-state index contributed by atoms with van der Waals surface area (Å²) in [7, 11) is -3.70. The first kappa shape index (κ1) is 14.0. The number of rotatable bonds is 4. The first-order chi connectivity index (χ1) is 8.88. The predicted molar refractivity (Wildman–Crippen MR) is 76.2 cm³/mol. The summed E-state index contributed by atoms with van der Waals surface area (Å²) in [5.41, 5.74) is 0. The van der Waals surface area contributed by atoms with Crippen molar-refractivity contribution in [3.8, 4) is 0 Å². The van der Waals surface area contributed by atoms with Gasteiger partial charge in [0.1, 0.15) is 9.88 Å². The van der Waals surface area contributed by atoms with E-state index in [9.17, 15) is 13.2 Å². The summed E-state index contributed by atoms with van der Waals surface area (Å²) in [6, 6.07) is 8.92. The molecule has 0 saturated carbocycles. The number of halogens is 1. The van der Waals surface area contributed by atoms with E-state index in [-0.39, 0.29) is 14.8 Å². The molecule has 0 saturated heterocycles. The summed E-state index contributed by atoms with van der Waals surface area (Å²) >= 11 is 4.09. The Kier molecular flexibility index (Phi) is 3.93. The van der Waals surface area contributed by atoms with Gasteiger partial charge in [0.05, 0.1) is 4.90 Å². The number of benzene rings is 1. The summed E-state index contributed by atoms with van der Waals surface area (Å²) in [6.45, 7) is 0. The van der Waals surface area contributed by atoms with E-state index in [1.165, 1.54) is 24.3 Å². The van der Waals surface area contributed by atoms with E-state index in [4.69, 9.17) is 5.11 Å². The number of sulfonamides is 1. The Morgan fingerprint density at radius 2 is 1.79 bits per heavy atom. The molecular formula is C11H8BrNO4S2. The molecule has 1 aromatic heterocycles. The van der Waals surface area contributed by atoms with Crippen LogP contribution in [-0.2, 0) is 10.0 Å². The van der Waals surface area contributed by atoms with Crippen LogP contribution in [0.2, 0.25) is 0 Å². The van der Waals surface area contributed by atoms with E-state index in [0.29, 0.717) is 0 Å². The van der Waals surface area contributed by atoms with Gasteiger partial charge < -0.3 is 5.11 Å². The molecule has 0 aliphatic carbocycles. The summed E-state index contributed by atoms with van der Waals surface area (Å²) in [5.74, 6) is -1.08. The molecule has 1 heterocycles. The molecule has 0 radical (unpaired) electrons. The van der Waals surface area contributed by atoms with Crippen LogP contribution in [0.3, 0.4) is 0 Å². The Morgan fingerprint density at radius 1 is 1.16 bits per heavy atom. The van der Waals surface area contributed by atoms with Crippen molar-refractivity contribution in [2.75, 3.05) is 4.72 Å². The predicted octanol–water partition coefficient (Wildman–Crippen LogP) is 3.01. The fourth-order valence-electron chi connectivity index (χ4n) is 1.31. The molecule has 1 aromatic carbocycles. The van der Waals surface area contributed by atoms with Gasteiger partial charge in [-0.2, -0.15) is 0 Å². The second-order valence-corrected chi connectivity index (χ2v) is 7.21. The number of hydrogen-bond donors (Lipinski definition) is 2. The van der Waals surface area contributed by atoms with Crippen LogP contribution < -0.4 is 4.72 Å². The number of thiophene rings is 1. The molecule has 0 fully saturated rings. The van der Waals surface area contributed by atoms with Crippen LogP contribution in [0.25, 0.3) is 0 Å². The van der Waals surface area contributed by atoms with Crippen molar-refractivity contribution in [2.45, 2.75) is 4.90 Å². The Bertz CT molecular complexity index is 707. The van der Waals surface area contributed by atoms with Crippen LogP contribution in [0, 0.1) is 0 Å². The van der Waals surface area contributed by atoms with Crippen molar-refractivity contribution in [3.05, 3.63) is 45.7 Å². The highest BCUT2D eigenvalue weighted by Gasteiger charge is 2.16. The number of carboxylic acids is 1. The topological polar surface area (TPSA) is 83.5 Å². The molecule has 2 rings (SSSR count). The first-order valence-corrected chi connectivity index (χ1v) is 8.09. The van der Waals surface area contributed by atoms with Crippen molar-refractivity contribution in [3.63, 3.8) is 0 Å². The lowest BCUT2D eigenvalue weighted by Gasteiger charge is -2.05. The zero-order valence-electron chi connectivity index (χ0n) is 9.33. The summed E-state index contributed by atoms with van der Waals surface area (Å²) in [5, 5.41) is 9.04. The number of carboxylic acid groups (broad SMARTS) is 1. The number of nitrogens with one attached hydrogen (secondary N) is 1. The van der Waals surface area contributed by atoms with Crippen LogP contribution in [0.4, 0.5) is 5.00 Å². The number of hydrogen-bond acceptors (Lipinski definition) is 4. The minimum atomic E-state index is -3.70. The van der Waals surface area contributed by atoms with Crippen molar-refractivity contribution in [2.24, 2.45) is 0 Å². The largest absolute Gasteiger partial charge is 0.477 e. The van der Waals surface area contributed by atoms with Crippen molar-refractivity contribution < 1.29 is 18.3 Å². The molecular weight excluding hydrogens is 354 g/mol. The van der Waals surface area contributed by atoms with Crippen LogP contribution >= 0.6 is 27.3 Å². The molecule has 8 heteroatoms. The molecule has 0 bridgehead atoms. The lowest BCUT2D eigenvalue weighted by molar-refractivity contribution is 0.0702. The maximum absolute atomic E-state index is 12.0. The first-order valence-electron chi connectivity index (χ1n) is 5.00. The molecule has 2 aromatic rings. The van der Waals surface area contributed by atoms with Crippen LogP contribution in [0.5, 0.6) is 0 Å². The van der Waals surface area contributed by atoms with Crippen molar-refractivity contribution in [1.82, 2.24) is 0 Å². The Hall–Kier alpha value is -1.38. The van der Waals surface area contributed by atoms with E-state index in [2.05, 4.69) is 20.7 Å². The highest BCUT2D eigenvalue weighted by molar-refractivity contribution is 9.10. The summed E-state index contributed by atoms with van der Waals surface area (Å²) < 4.78 is 27.2. The summed E-state index contributed by atoms with van der Waals surface area (Å²) in [4.78, 5) is 10.9. The van der Waals surface area contributed by atoms with Gasteiger partial charge in [0, 0.05) is 4.47 Å². The van der Waals surface area contributed by atoms with E-state index in [0.717, 1.165) is 15.8 Å². The molecule has 0 aliphatic rings. The molecule has 0 atom stereocenters. The third kappa shape index (κ3) is 3.34. The van der Waals surface area contributed by atoms with Crippen LogP contribution in [0.1, 0.15) is 9.67 Å². The number of anilines is 1. The summed E-state index contributed by atoms with van der Waals surface area (Å²) in [6.07, 6.45) is 0. The molecule has 19 heavy (non-hydrogen) atoms. The molecule has 5 nitrogen and oxygen atoms in total. The van der Waals surface area contributed by atoms with Gasteiger partial charge in [0.15, 0.2) is 0 Å². The van der Waals surface area contributed by atoms with Gasteiger partial charge in [0.25, 0.3) is 10.0 Å². The maximum Gasteiger partial charge on any atom is 0.345 e. The highest BCUT2D eigenvalue weighted by Crippen LogP contribution is 2.25. The van der Waals surface area contributed by atoms with E-state index in [1.54, 1.807) is 12.1 Å². The molecule has 0 aliphatic heterocycles. The van der Waals surface area contributed by atoms with Crippen LogP contribution in [0.15, 0.2) is 45.8 Å². The van der Waals surface area contributed by atoms with Crippen LogP contribution in [-0.4, -0.2) is 19.5 Å². The van der Waals surface area contributed by atoms with Gasteiger partial charge in [-0.3, -0.25) is 4.72 Å². The lowest BCUT2D eigenvalue weighted by atomic mass is 10.4. The highest BCUT2D eigenvalue weighted by atomic mass is 79.9. The van der Waals surface area contributed by atoms with Crippen molar-refractivity contribution in [1.29, 1.82) is 0 Å². The maximum atomic E-state index is 12.0. The number of carbonyl (C=O) groups is 1. The lowest BCUT2D eigenvalue weighted by Crippen LogP contribution is -2.11. The molecule has 0 amide bonds. The molecule has 0 unspecified atom stereocenters. The second kappa shape index (κ2) is 5.32. The Balaban J connectivity index is 2.25. The zero-order valence-corrected chi connectivity index (χ0v) is 12.5. The second-order valence-electron chi connectivity index (χ2n) is 3.53. The smallest absolute Gasteiger partial charge is 0.345 e. The molecule has 100 valence electrons. The van der Waals surface area contributed by atoms with Gasteiger partial charge in [-0.15, -0.1) is 11.3 Å². The minimum Gasteiger partial charge on any atom is -0.477 e. The van der Waals surface area contributed by atoms with Gasteiger partial charge in [-0.1, -0.05) is 15.9 Å². The number of aromatic carboxylic acids is 1. The van der Waals surface area contributed by atoms with E-state index in [1.807, 2.05) is 0 Å².